The summed E-state index contributed by atoms with van der Waals surface area (Å²) in [5.41, 5.74) is 0. The first-order valence-electron chi connectivity index (χ1n) is 7.87. The first kappa shape index (κ1) is 15.0. The number of piperidine rings is 1. The van der Waals surface area contributed by atoms with E-state index in [-0.39, 0.29) is 0 Å². The van der Waals surface area contributed by atoms with Crippen LogP contribution in [-0.2, 0) is 0 Å². The molecule has 1 aromatic heterocycles. The number of anilines is 2. The van der Waals surface area contributed by atoms with Gasteiger partial charge in [0.25, 0.3) is 0 Å². The number of nitrogens with zero attached hydrogens (tertiary/aromatic N) is 3. The third-order valence-corrected chi connectivity index (χ3v) is 3.67. The molecule has 0 saturated carbocycles. The molecule has 2 rings (SSSR count). The second-order valence-corrected chi connectivity index (χ2v) is 5.45. The van der Waals surface area contributed by atoms with Crippen molar-refractivity contribution < 1.29 is 0 Å². The molecule has 20 heavy (non-hydrogen) atoms. The van der Waals surface area contributed by atoms with Gasteiger partial charge in [0, 0.05) is 31.9 Å². The van der Waals surface area contributed by atoms with Gasteiger partial charge in [-0.05, 0) is 38.3 Å². The topological polar surface area (TPSA) is 53.1 Å². The third kappa shape index (κ3) is 4.63. The van der Waals surface area contributed by atoms with Gasteiger partial charge < -0.3 is 15.5 Å². The molecule has 0 amide bonds. The highest BCUT2D eigenvalue weighted by atomic mass is 15.2. The molecule has 1 fully saturated rings. The van der Waals surface area contributed by atoms with E-state index >= 15 is 0 Å². The highest BCUT2D eigenvalue weighted by molar-refractivity contribution is 5.40. The lowest BCUT2D eigenvalue weighted by Gasteiger charge is -2.32. The molecule has 112 valence electrons. The molecule has 1 aliphatic rings. The fourth-order valence-corrected chi connectivity index (χ4v) is 2.59. The second kappa shape index (κ2) is 8.04. The molecule has 0 spiro atoms. The highest BCUT2D eigenvalue weighted by Crippen LogP contribution is 2.16. The maximum Gasteiger partial charge on any atom is 0.224 e. The number of rotatable bonds is 7. The standard InChI is InChI=1S/C15H27N5/c1-3-8-16-15-17-9-5-14(19-15)18-13-6-11-20(10-4-2)12-7-13/h5,9,13H,3-4,6-8,10-12H2,1-2H3,(H2,16,17,18,19). The molecule has 0 unspecified atom stereocenters. The maximum absolute atomic E-state index is 4.51. The van der Waals surface area contributed by atoms with Gasteiger partial charge >= 0.3 is 0 Å². The second-order valence-electron chi connectivity index (χ2n) is 5.45. The Kier molecular flexibility index (Phi) is 6.05. The minimum Gasteiger partial charge on any atom is -0.367 e. The van der Waals surface area contributed by atoms with Crippen LogP contribution in [0, 0.1) is 0 Å². The van der Waals surface area contributed by atoms with Crippen LogP contribution in [0.3, 0.4) is 0 Å². The van der Waals surface area contributed by atoms with E-state index in [1.54, 1.807) is 0 Å². The van der Waals surface area contributed by atoms with Gasteiger partial charge in [-0.15, -0.1) is 0 Å². The molecule has 0 aromatic carbocycles. The summed E-state index contributed by atoms with van der Waals surface area (Å²) in [5.74, 6) is 1.66. The summed E-state index contributed by atoms with van der Waals surface area (Å²) in [6.45, 7) is 8.91. The monoisotopic (exact) mass is 277 g/mol. The zero-order valence-corrected chi connectivity index (χ0v) is 12.7. The van der Waals surface area contributed by atoms with Gasteiger partial charge in [0.05, 0.1) is 0 Å². The van der Waals surface area contributed by atoms with Gasteiger partial charge in [0.15, 0.2) is 0 Å². The first-order chi connectivity index (χ1) is 9.81. The van der Waals surface area contributed by atoms with Crippen LogP contribution in [0.2, 0.25) is 0 Å². The van der Waals surface area contributed by atoms with Crippen molar-refractivity contribution in [3.8, 4) is 0 Å². The molecule has 2 N–H and O–H groups in total. The number of hydrogen-bond acceptors (Lipinski definition) is 5. The van der Waals surface area contributed by atoms with Crippen LogP contribution in [0.1, 0.15) is 39.5 Å². The van der Waals surface area contributed by atoms with Crippen LogP contribution in [0.25, 0.3) is 0 Å². The lowest BCUT2D eigenvalue weighted by atomic mass is 10.0. The van der Waals surface area contributed by atoms with Gasteiger partial charge in [-0.2, -0.15) is 4.98 Å². The van der Waals surface area contributed by atoms with Crippen molar-refractivity contribution in [1.82, 2.24) is 14.9 Å². The number of hydrogen-bond donors (Lipinski definition) is 2. The Bertz CT molecular complexity index is 388. The molecule has 1 saturated heterocycles. The predicted molar refractivity (Wildman–Crippen MR) is 84.2 cm³/mol. The van der Waals surface area contributed by atoms with Crippen LogP contribution in [0.15, 0.2) is 12.3 Å². The van der Waals surface area contributed by atoms with E-state index in [1.165, 1.54) is 38.9 Å². The van der Waals surface area contributed by atoms with E-state index in [4.69, 9.17) is 0 Å². The zero-order chi connectivity index (χ0) is 14.2. The minimum atomic E-state index is 0.539. The molecule has 1 aliphatic heterocycles. The largest absolute Gasteiger partial charge is 0.367 e. The molecule has 0 atom stereocenters. The van der Waals surface area contributed by atoms with Crippen LogP contribution >= 0.6 is 0 Å². The normalized spacial score (nSPS) is 17.1. The zero-order valence-electron chi connectivity index (χ0n) is 12.7. The van der Waals surface area contributed by atoms with Crippen molar-refractivity contribution in [2.75, 3.05) is 36.8 Å². The summed E-state index contributed by atoms with van der Waals surface area (Å²) >= 11 is 0. The highest BCUT2D eigenvalue weighted by Gasteiger charge is 2.18. The Balaban J connectivity index is 1.81. The summed E-state index contributed by atoms with van der Waals surface area (Å²) in [6.07, 6.45) is 6.54. The van der Waals surface area contributed by atoms with Crippen molar-refractivity contribution in [2.45, 2.75) is 45.6 Å². The van der Waals surface area contributed by atoms with E-state index in [0.717, 1.165) is 24.7 Å². The van der Waals surface area contributed by atoms with Gasteiger partial charge in [0.2, 0.25) is 5.95 Å². The molecule has 0 bridgehead atoms. The van der Waals surface area contributed by atoms with E-state index in [0.29, 0.717) is 6.04 Å². The summed E-state index contributed by atoms with van der Waals surface area (Å²) in [6, 6.07) is 2.49. The van der Waals surface area contributed by atoms with Crippen LogP contribution in [0.4, 0.5) is 11.8 Å². The molecular formula is C15H27N5. The molecule has 0 radical (unpaired) electrons. The van der Waals surface area contributed by atoms with Crippen molar-refractivity contribution in [1.29, 1.82) is 0 Å². The number of nitrogens with one attached hydrogen (secondary N) is 2. The molecule has 5 nitrogen and oxygen atoms in total. The molecule has 1 aromatic rings. The Morgan fingerprint density at radius 2 is 2.05 bits per heavy atom. The van der Waals surface area contributed by atoms with Crippen LogP contribution < -0.4 is 10.6 Å². The van der Waals surface area contributed by atoms with E-state index in [9.17, 15) is 0 Å². The average molecular weight is 277 g/mol. The predicted octanol–water partition coefficient (Wildman–Crippen LogP) is 2.58. The maximum atomic E-state index is 4.51. The smallest absolute Gasteiger partial charge is 0.224 e. The van der Waals surface area contributed by atoms with Gasteiger partial charge in [0.1, 0.15) is 5.82 Å². The molecule has 5 heteroatoms. The van der Waals surface area contributed by atoms with E-state index in [1.807, 2.05) is 12.3 Å². The van der Waals surface area contributed by atoms with Crippen molar-refractivity contribution in [3.05, 3.63) is 12.3 Å². The molecule has 2 heterocycles. The van der Waals surface area contributed by atoms with Crippen molar-refractivity contribution in [2.24, 2.45) is 0 Å². The minimum absolute atomic E-state index is 0.539. The molecule has 0 aliphatic carbocycles. The van der Waals surface area contributed by atoms with Gasteiger partial charge in [-0.1, -0.05) is 13.8 Å². The number of aromatic nitrogens is 2. The summed E-state index contributed by atoms with van der Waals surface area (Å²) < 4.78 is 0. The van der Waals surface area contributed by atoms with Crippen LogP contribution in [0.5, 0.6) is 0 Å². The van der Waals surface area contributed by atoms with E-state index < -0.39 is 0 Å². The SMILES string of the molecule is CCCNc1nccc(NC2CCN(CCC)CC2)n1. The lowest BCUT2D eigenvalue weighted by molar-refractivity contribution is 0.219. The van der Waals surface area contributed by atoms with Crippen LogP contribution in [-0.4, -0.2) is 47.1 Å². The average Bonchev–Trinajstić information content (AvgIpc) is 2.48. The Morgan fingerprint density at radius 1 is 1.25 bits per heavy atom. The quantitative estimate of drug-likeness (QED) is 0.802. The van der Waals surface area contributed by atoms with Crippen molar-refractivity contribution >= 4 is 11.8 Å². The van der Waals surface area contributed by atoms with Crippen molar-refractivity contribution in [3.63, 3.8) is 0 Å². The fraction of sp³-hybridized carbons (Fsp3) is 0.733. The van der Waals surface area contributed by atoms with E-state index in [2.05, 4.69) is 39.3 Å². The third-order valence-electron chi connectivity index (χ3n) is 3.67. The van der Waals surface area contributed by atoms with Gasteiger partial charge in [-0.3, -0.25) is 0 Å². The number of likely N-dealkylation sites (tertiary alicyclic amines) is 1. The summed E-state index contributed by atoms with van der Waals surface area (Å²) in [7, 11) is 0. The Labute approximate surface area is 122 Å². The Morgan fingerprint density at radius 3 is 2.75 bits per heavy atom. The summed E-state index contributed by atoms with van der Waals surface area (Å²) in [4.78, 5) is 11.3. The first-order valence-corrected chi connectivity index (χ1v) is 7.87. The Hall–Kier alpha value is -1.36. The fourth-order valence-electron chi connectivity index (χ4n) is 2.59. The summed E-state index contributed by atoms with van der Waals surface area (Å²) in [5, 5.41) is 6.77. The lowest BCUT2D eigenvalue weighted by Crippen LogP contribution is -2.39. The van der Waals surface area contributed by atoms with Gasteiger partial charge in [-0.25, -0.2) is 4.98 Å². The molecular weight excluding hydrogens is 250 g/mol.